The van der Waals surface area contributed by atoms with E-state index in [1.807, 2.05) is 90.1 Å². The van der Waals surface area contributed by atoms with Gasteiger partial charge in [0.1, 0.15) is 29.3 Å². The van der Waals surface area contributed by atoms with Gasteiger partial charge in [0.2, 0.25) is 11.8 Å². The van der Waals surface area contributed by atoms with Crippen LogP contribution in [0.15, 0.2) is 48.5 Å². The van der Waals surface area contributed by atoms with E-state index in [0.29, 0.717) is 12.0 Å². The summed E-state index contributed by atoms with van der Waals surface area (Å²) in [5, 5.41) is 5.72. The molecule has 2 N–H and O–H groups in total. The number of amides is 3. The Balaban J connectivity index is 2.64. The van der Waals surface area contributed by atoms with E-state index >= 15 is 0 Å². The predicted octanol–water partition coefficient (Wildman–Crippen LogP) is 6.59. The highest BCUT2D eigenvalue weighted by Gasteiger charge is 2.40. The van der Waals surface area contributed by atoms with Gasteiger partial charge in [0, 0.05) is 12.5 Å². The molecule has 254 valence electrons. The second-order valence-corrected chi connectivity index (χ2v) is 14.7. The van der Waals surface area contributed by atoms with Crippen molar-refractivity contribution in [1.29, 1.82) is 0 Å². The lowest BCUT2D eigenvalue weighted by molar-refractivity contribution is -0.159. The number of benzene rings is 2. The highest BCUT2D eigenvalue weighted by molar-refractivity contribution is 5.94. The van der Waals surface area contributed by atoms with Crippen LogP contribution in [-0.4, -0.2) is 58.1 Å². The van der Waals surface area contributed by atoms with Crippen molar-refractivity contribution in [2.75, 3.05) is 0 Å². The summed E-state index contributed by atoms with van der Waals surface area (Å²) < 4.78 is 11.2. The summed E-state index contributed by atoms with van der Waals surface area (Å²) in [6.07, 6.45) is -0.181. The first-order valence-electron chi connectivity index (χ1n) is 16.1. The number of esters is 1. The molecule has 0 aromatic heterocycles. The molecule has 9 heteroatoms. The average Bonchev–Trinajstić information content (AvgIpc) is 2.89. The van der Waals surface area contributed by atoms with Gasteiger partial charge in [0.25, 0.3) is 0 Å². The minimum atomic E-state index is -1.11. The summed E-state index contributed by atoms with van der Waals surface area (Å²) in [5.74, 6) is -1.47. The molecule has 0 aliphatic rings. The highest BCUT2D eigenvalue weighted by atomic mass is 16.6. The van der Waals surface area contributed by atoms with Crippen molar-refractivity contribution in [3.05, 3.63) is 70.8 Å². The van der Waals surface area contributed by atoms with Gasteiger partial charge in [-0.05, 0) is 98.3 Å². The SMILES string of the molecule is Cc1ccc(C(C(=O)NC(Cc2ccccc2)C(=O)OC(C)(C)C)N(C(=O)C(CC(C)C)NC(=O)OC(C)(C)C)C(C)C)c(C)c1. The lowest BCUT2D eigenvalue weighted by atomic mass is 9.94. The van der Waals surface area contributed by atoms with Crippen LogP contribution in [0.4, 0.5) is 4.79 Å². The summed E-state index contributed by atoms with van der Waals surface area (Å²) in [6, 6.07) is 11.5. The lowest BCUT2D eigenvalue weighted by Crippen LogP contribution is -2.57. The number of nitrogens with zero attached hydrogens (tertiary/aromatic N) is 1. The fraction of sp³-hybridized carbons (Fsp3) is 0.568. The minimum Gasteiger partial charge on any atom is -0.458 e. The monoisotopic (exact) mass is 637 g/mol. The predicted molar refractivity (Wildman–Crippen MR) is 181 cm³/mol. The molecule has 0 bridgehead atoms. The molecular weight excluding hydrogens is 582 g/mol. The van der Waals surface area contributed by atoms with E-state index in [1.165, 1.54) is 4.90 Å². The van der Waals surface area contributed by atoms with Crippen LogP contribution >= 0.6 is 0 Å². The van der Waals surface area contributed by atoms with Crippen molar-refractivity contribution in [2.45, 2.75) is 131 Å². The number of alkyl carbamates (subject to hydrolysis) is 1. The van der Waals surface area contributed by atoms with Gasteiger partial charge in [0.05, 0.1) is 0 Å². The number of aryl methyl sites for hydroxylation is 2. The Morgan fingerprint density at radius 1 is 0.783 bits per heavy atom. The molecule has 0 radical (unpaired) electrons. The Hall–Kier alpha value is -3.88. The quantitative estimate of drug-likeness (QED) is 0.254. The number of hydrogen-bond donors (Lipinski definition) is 2. The van der Waals surface area contributed by atoms with Gasteiger partial charge in [0.15, 0.2) is 0 Å². The van der Waals surface area contributed by atoms with Crippen molar-refractivity contribution in [1.82, 2.24) is 15.5 Å². The van der Waals surface area contributed by atoms with Crippen LogP contribution < -0.4 is 10.6 Å². The van der Waals surface area contributed by atoms with Crippen LogP contribution in [-0.2, 0) is 30.3 Å². The summed E-state index contributed by atoms with van der Waals surface area (Å²) in [6.45, 7) is 22.0. The van der Waals surface area contributed by atoms with E-state index in [9.17, 15) is 19.2 Å². The molecule has 0 saturated heterocycles. The Bertz CT molecular complexity index is 1340. The number of ether oxygens (including phenoxy) is 2. The van der Waals surface area contributed by atoms with Crippen LogP contribution in [0.1, 0.15) is 104 Å². The van der Waals surface area contributed by atoms with Gasteiger partial charge in [-0.2, -0.15) is 0 Å². The van der Waals surface area contributed by atoms with Crippen LogP contribution in [0.2, 0.25) is 0 Å². The summed E-state index contributed by atoms with van der Waals surface area (Å²) in [5.41, 5.74) is 1.75. The Labute approximate surface area is 275 Å². The van der Waals surface area contributed by atoms with Gasteiger partial charge in [-0.25, -0.2) is 9.59 Å². The molecule has 46 heavy (non-hydrogen) atoms. The molecule has 0 spiro atoms. The van der Waals surface area contributed by atoms with Crippen LogP contribution in [0.3, 0.4) is 0 Å². The first-order valence-corrected chi connectivity index (χ1v) is 16.1. The molecule has 0 heterocycles. The van der Waals surface area contributed by atoms with E-state index in [2.05, 4.69) is 10.6 Å². The number of carbonyl (C=O) groups excluding carboxylic acids is 4. The standard InChI is InChI=1S/C37H55N3O6/c1-23(2)20-29(39-35(44)46-37(10,11)12)33(42)40(24(3)4)31(28-19-18-25(5)21-26(28)6)32(41)38-30(34(43)45-36(7,8)9)22-27-16-14-13-15-17-27/h13-19,21,23-24,29-31H,20,22H2,1-12H3,(H,38,41)(H,39,44). The number of nitrogens with one attached hydrogen (secondary N) is 2. The fourth-order valence-electron chi connectivity index (χ4n) is 5.22. The zero-order chi connectivity index (χ0) is 35.0. The molecule has 0 aliphatic carbocycles. The van der Waals surface area contributed by atoms with Crippen molar-refractivity contribution < 1.29 is 28.7 Å². The van der Waals surface area contributed by atoms with E-state index in [0.717, 1.165) is 16.7 Å². The first-order chi connectivity index (χ1) is 21.2. The minimum absolute atomic E-state index is 0.0497. The van der Waals surface area contributed by atoms with Gasteiger partial charge in [-0.15, -0.1) is 0 Å². The molecule has 2 aromatic rings. The van der Waals surface area contributed by atoms with Crippen molar-refractivity contribution in [2.24, 2.45) is 5.92 Å². The molecule has 2 aromatic carbocycles. The summed E-state index contributed by atoms with van der Waals surface area (Å²) >= 11 is 0. The molecule has 9 nitrogen and oxygen atoms in total. The van der Waals surface area contributed by atoms with Gasteiger partial charge in [-0.3, -0.25) is 9.59 Å². The molecule has 3 amide bonds. The van der Waals surface area contributed by atoms with Gasteiger partial charge in [-0.1, -0.05) is 67.9 Å². The molecule has 3 atom stereocenters. The van der Waals surface area contributed by atoms with Crippen molar-refractivity contribution in [3.63, 3.8) is 0 Å². The van der Waals surface area contributed by atoms with Gasteiger partial charge >= 0.3 is 12.1 Å². The van der Waals surface area contributed by atoms with Crippen LogP contribution in [0.25, 0.3) is 0 Å². The Kier molecular flexibility index (Phi) is 13.4. The van der Waals surface area contributed by atoms with E-state index in [4.69, 9.17) is 9.47 Å². The summed E-state index contributed by atoms with van der Waals surface area (Å²) in [7, 11) is 0. The number of carbonyl (C=O) groups is 4. The molecule has 3 unspecified atom stereocenters. The van der Waals surface area contributed by atoms with E-state index < -0.39 is 59.2 Å². The topological polar surface area (TPSA) is 114 Å². The highest BCUT2D eigenvalue weighted by Crippen LogP contribution is 2.29. The molecule has 2 rings (SSSR count). The smallest absolute Gasteiger partial charge is 0.408 e. The third-order valence-electron chi connectivity index (χ3n) is 7.04. The van der Waals surface area contributed by atoms with Crippen LogP contribution in [0.5, 0.6) is 0 Å². The lowest BCUT2D eigenvalue weighted by Gasteiger charge is -2.38. The maximum atomic E-state index is 14.5. The maximum Gasteiger partial charge on any atom is 0.408 e. The zero-order valence-electron chi connectivity index (χ0n) is 29.8. The van der Waals surface area contributed by atoms with Gasteiger partial charge < -0.3 is 25.0 Å². The number of rotatable bonds is 12. The Morgan fingerprint density at radius 3 is 1.87 bits per heavy atom. The second kappa shape index (κ2) is 16.1. The largest absolute Gasteiger partial charge is 0.458 e. The number of hydrogen-bond acceptors (Lipinski definition) is 6. The van der Waals surface area contributed by atoms with Crippen LogP contribution in [0, 0.1) is 19.8 Å². The van der Waals surface area contributed by atoms with Crippen molar-refractivity contribution in [3.8, 4) is 0 Å². The van der Waals surface area contributed by atoms with E-state index in [-0.39, 0.29) is 12.3 Å². The molecule has 0 fully saturated rings. The fourth-order valence-corrected chi connectivity index (χ4v) is 5.22. The first kappa shape index (κ1) is 38.3. The van der Waals surface area contributed by atoms with E-state index in [1.54, 1.807) is 41.5 Å². The Morgan fingerprint density at radius 2 is 1.37 bits per heavy atom. The molecule has 0 aliphatic heterocycles. The molecule has 0 saturated carbocycles. The second-order valence-electron chi connectivity index (χ2n) is 14.7. The third kappa shape index (κ3) is 12.1. The average molecular weight is 638 g/mol. The summed E-state index contributed by atoms with van der Waals surface area (Å²) in [4.78, 5) is 56.9. The zero-order valence-corrected chi connectivity index (χ0v) is 29.8. The normalized spacial score (nSPS) is 13.9. The maximum absolute atomic E-state index is 14.5. The van der Waals surface area contributed by atoms with Crippen molar-refractivity contribution >= 4 is 23.9 Å². The third-order valence-corrected chi connectivity index (χ3v) is 7.04. The molecular formula is C37H55N3O6.